The number of hydrogen-bond donors (Lipinski definition) is 1. The van der Waals surface area contributed by atoms with E-state index < -0.39 is 0 Å². The standard InChI is InChI=1S/C15H12ClN3O2/c1-21-13-6-5-10(16)8-11(13)18-15(20)12-9-19-7-3-2-4-14(19)17-12/h2-9H,1H3,(H,18,20). The van der Waals surface area contributed by atoms with Crippen molar-refractivity contribution in [2.75, 3.05) is 12.4 Å². The van der Waals surface area contributed by atoms with Crippen molar-refractivity contribution in [3.05, 3.63) is 59.5 Å². The number of imidazole rings is 1. The van der Waals surface area contributed by atoms with E-state index >= 15 is 0 Å². The summed E-state index contributed by atoms with van der Waals surface area (Å²) in [5.74, 6) is 0.218. The summed E-state index contributed by atoms with van der Waals surface area (Å²) in [6.45, 7) is 0. The fourth-order valence-corrected chi connectivity index (χ4v) is 2.18. The summed E-state index contributed by atoms with van der Waals surface area (Å²) in [7, 11) is 1.53. The maximum absolute atomic E-state index is 12.3. The summed E-state index contributed by atoms with van der Waals surface area (Å²) in [6.07, 6.45) is 3.50. The molecule has 0 aliphatic heterocycles. The van der Waals surface area contributed by atoms with E-state index in [9.17, 15) is 4.79 Å². The summed E-state index contributed by atoms with van der Waals surface area (Å²) in [4.78, 5) is 16.5. The van der Waals surface area contributed by atoms with Gasteiger partial charge in [-0.3, -0.25) is 4.79 Å². The van der Waals surface area contributed by atoms with E-state index in [2.05, 4.69) is 10.3 Å². The van der Waals surface area contributed by atoms with Crippen LogP contribution in [0.2, 0.25) is 5.02 Å². The van der Waals surface area contributed by atoms with Gasteiger partial charge in [0.1, 0.15) is 17.1 Å². The zero-order valence-corrected chi connectivity index (χ0v) is 12.0. The van der Waals surface area contributed by atoms with E-state index in [0.29, 0.717) is 27.8 Å². The van der Waals surface area contributed by atoms with E-state index in [-0.39, 0.29) is 5.91 Å². The van der Waals surface area contributed by atoms with Gasteiger partial charge in [0.15, 0.2) is 0 Å². The molecule has 0 saturated carbocycles. The Morgan fingerprint density at radius 1 is 1.33 bits per heavy atom. The molecule has 6 heteroatoms. The zero-order chi connectivity index (χ0) is 14.8. The lowest BCUT2D eigenvalue weighted by atomic mass is 10.3. The Labute approximate surface area is 126 Å². The summed E-state index contributed by atoms with van der Waals surface area (Å²) >= 11 is 5.94. The number of carbonyl (C=O) groups is 1. The van der Waals surface area contributed by atoms with Crippen molar-refractivity contribution in [1.29, 1.82) is 0 Å². The number of hydrogen-bond acceptors (Lipinski definition) is 3. The van der Waals surface area contributed by atoms with Crippen LogP contribution in [0.5, 0.6) is 5.75 Å². The fraction of sp³-hybridized carbons (Fsp3) is 0.0667. The molecule has 0 unspecified atom stereocenters. The lowest BCUT2D eigenvalue weighted by molar-refractivity contribution is 0.102. The molecule has 5 nitrogen and oxygen atoms in total. The van der Waals surface area contributed by atoms with Crippen molar-refractivity contribution in [1.82, 2.24) is 9.38 Å². The molecule has 0 radical (unpaired) electrons. The number of nitrogens with zero attached hydrogens (tertiary/aromatic N) is 2. The fourth-order valence-electron chi connectivity index (χ4n) is 2.01. The molecule has 1 aromatic carbocycles. The molecule has 2 heterocycles. The molecule has 0 aliphatic rings. The highest BCUT2D eigenvalue weighted by Crippen LogP contribution is 2.28. The Morgan fingerprint density at radius 2 is 2.19 bits per heavy atom. The van der Waals surface area contributed by atoms with Gasteiger partial charge < -0.3 is 14.5 Å². The monoisotopic (exact) mass is 301 g/mol. The zero-order valence-electron chi connectivity index (χ0n) is 11.2. The molecule has 0 spiro atoms. The number of anilines is 1. The number of methoxy groups -OCH3 is 1. The average Bonchev–Trinajstić information content (AvgIpc) is 2.91. The highest BCUT2D eigenvalue weighted by atomic mass is 35.5. The molecule has 0 saturated heterocycles. The second-order valence-corrected chi connectivity index (χ2v) is 4.83. The van der Waals surface area contributed by atoms with Crippen molar-refractivity contribution in [3.8, 4) is 5.75 Å². The van der Waals surface area contributed by atoms with Gasteiger partial charge in [-0.15, -0.1) is 0 Å². The molecule has 106 valence electrons. The first-order valence-electron chi connectivity index (χ1n) is 6.26. The first-order chi connectivity index (χ1) is 10.2. The molecular weight excluding hydrogens is 290 g/mol. The van der Waals surface area contributed by atoms with Crippen molar-refractivity contribution in [3.63, 3.8) is 0 Å². The van der Waals surface area contributed by atoms with Crippen molar-refractivity contribution in [2.45, 2.75) is 0 Å². The molecule has 1 N–H and O–H groups in total. The number of pyridine rings is 1. The van der Waals surface area contributed by atoms with Crippen LogP contribution in [-0.4, -0.2) is 22.4 Å². The number of nitrogens with one attached hydrogen (secondary N) is 1. The van der Waals surface area contributed by atoms with Gasteiger partial charge in [0.05, 0.1) is 12.8 Å². The van der Waals surface area contributed by atoms with Crippen LogP contribution in [-0.2, 0) is 0 Å². The summed E-state index contributed by atoms with van der Waals surface area (Å²) in [6, 6.07) is 10.6. The predicted octanol–water partition coefficient (Wildman–Crippen LogP) is 3.25. The van der Waals surface area contributed by atoms with Crippen LogP contribution >= 0.6 is 11.6 Å². The van der Waals surface area contributed by atoms with Crippen LogP contribution in [0.1, 0.15) is 10.5 Å². The molecule has 0 fully saturated rings. The summed E-state index contributed by atoms with van der Waals surface area (Å²) < 4.78 is 6.98. The largest absolute Gasteiger partial charge is 0.495 e. The SMILES string of the molecule is COc1ccc(Cl)cc1NC(=O)c1cn2ccccc2n1. The molecule has 0 aliphatic carbocycles. The van der Waals surface area contributed by atoms with Gasteiger partial charge >= 0.3 is 0 Å². The van der Waals surface area contributed by atoms with Gasteiger partial charge in [0.2, 0.25) is 0 Å². The van der Waals surface area contributed by atoms with Crippen LogP contribution in [0.3, 0.4) is 0 Å². The van der Waals surface area contributed by atoms with Gasteiger partial charge in [0.25, 0.3) is 5.91 Å². The van der Waals surface area contributed by atoms with Gasteiger partial charge in [-0.25, -0.2) is 4.98 Å². The topological polar surface area (TPSA) is 55.6 Å². The molecular formula is C15H12ClN3O2. The van der Waals surface area contributed by atoms with E-state index in [0.717, 1.165) is 0 Å². The maximum atomic E-state index is 12.3. The quantitative estimate of drug-likeness (QED) is 0.808. The van der Waals surface area contributed by atoms with Crippen LogP contribution < -0.4 is 10.1 Å². The second-order valence-electron chi connectivity index (χ2n) is 4.39. The highest BCUT2D eigenvalue weighted by Gasteiger charge is 2.13. The molecule has 0 atom stereocenters. The minimum Gasteiger partial charge on any atom is -0.495 e. The first-order valence-corrected chi connectivity index (χ1v) is 6.64. The van der Waals surface area contributed by atoms with Gasteiger partial charge in [0, 0.05) is 17.4 Å². The van der Waals surface area contributed by atoms with E-state index in [1.54, 1.807) is 28.8 Å². The van der Waals surface area contributed by atoms with E-state index in [4.69, 9.17) is 16.3 Å². The number of fused-ring (bicyclic) bond motifs is 1. The van der Waals surface area contributed by atoms with Crippen LogP contribution in [0.4, 0.5) is 5.69 Å². The van der Waals surface area contributed by atoms with Crippen LogP contribution in [0.25, 0.3) is 5.65 Å². The summed E-state index contributed by atoms with van der Waals surface area (Å²) in [5, 5.41) is 3.27. The number of ether oxygens (including phenoxy) is 1. The first kappa shape index (κ1) is 13.5. The van der Waals surface area contributed by atoms with Gasteiger partial charge in [-0.05, 0) is 30.3 Å². The number of halogens is 1. The van der Waals surface area contributed by atoms with Crippen molar-refractivity contribution < 1.29 is 9.53 Å². The molecule has 2 aromatic heterocycles. The molecule has 0 bridgehead atoms. The Kier molecular flexibility index (Phi) is 3.50. The Hall–Kier alpha value is -2.53. The molecule has 3 rings (SSSR count). The minimum absolute atomic E-state index is 0.320. The normalized spacial score (nSPS) is 10.6. The lowest BCUT2D eigenvalue weighted by Gasteiger charge is -2.09. The average molecular weight is 302 g/mol. The van der Waals surface area contributed by atoms with Gasteiger partial charge in [-0.1, -0.05) is 17.7 Å². The smallest absolute Gasteiger partial charge is 0.275 e. The number of carbonyl (C=O) groups excluding carboxylic acids is 1. The highest BCUT2D eigenvalue weighted by molar-refractivity contribution is 6.31. The predicted molar refractivity (Wildman–Crippen MR) is 81.1 cm³/mol. The van der Waals surface area contributed by atoms with Crippen molar-refractivity contribution in [2.24, 2.45) is 0 Å². The Morgan fingerprint density at radius 3 is 2.95 bits per heavy atom. The maximum Gasteiger partial charge on any atom is 0.275 e. The Balaban J connectivity index is 1.91. The third-order valence-electron chi connectivity index (χ3n) is 3.01. The van der Waals surface area contributed by atoms with E-state index in [1.807, 2.05) is 24.4 Å². The molecule has 21 heavy (non-hydrogen) atoms. The van der Waals surface area contributed by atoms with Crippen LogP contribution in [0.15, 0.2) is 48.8 Å². The molecule has 1 amide bonds. The summed E-state index contributed by atoms with van der Waals surface area (Å²) in [5.41, 5.74) is 1.54. The third-order valence-corrected chi connectivity index (χ3v) is 3.24. The lowest BCUT2D eigenvalue weighted by Crippen LogP contribution is -2.13. The number of aromatic nitrogens is 2. The van der Waals surface area contributed by atoms with Crippen LogP contribution in [0, 0.1) is 0 Å². The van der Waals surface area contributed by atoms with Gasteiger partial charge in [-0.2, -0.15) is 0 Å². The number of benzene rings is 1. The Bertz CT molecular complexity index is 781. The second kappa shape index (κ2) is 5.46. The number of amides is 1. The third kappa shape index (κ3) is 2.68. The minimum atomic E-state index is -0.320. The van der Waals surface area contributed by atoms with Crippen molar-refractivity contribution >= 4 is 28.8 Å². The van der Waals surface area contributed by atoms with E-state index in [1.165, 1.54) is 7.11 Å². The number of rotatable bonds is 3. The molecule has 3 aromatic rings.